The smallest absolute Gasteiger partial charge is 0.0189 e. The molecule has 1 heterocycles. The van der Waals surface area contributed by atoms with E-state index in [1.165, 1.54) is 15.3 Å². The molecule has 0 saturated carbocycles. The molecule has 0 aliphatic carbocycles. The van der Waals surface area contributed by atoms with Gasteiger partial charge < -0.3 is 5.73 Å². The molecule has 2 heteroatoms. The molecule has 0 atom stereocenters. The van der Waals surface area contributed by atoms with Crippen molar-refractivity contribution in [3.8, 4) is 0 Å². The van der Waals surface area contributed by atoms with Gasteiger partial charge in [0.2, 0.25) is 0 Å². The third kappa shape index (κ3) is 1.32. The van der Waals surface area contributed by atoms with E-state index < -0.39 is 0 Å². The van der Waals surface area contributed by atoms with Crippen molar-refractivity contribution < 1.29 is 0 Å². The SMILES string of the molecule is Cc1cc(CN)c(C)s1. The molecule has 0 radical (unpaired) electrons. The molecule has 1 aromatic rings. The molecule has 0 bridgehead atoms. The number of rotatable bonds is 1. The molecule has 2 N–H and O–H groups in total. The van der Waals surface area contributed by atoms with E-state index in [-0.39, 0.29) is 0 Å². The molecular formula is C7H11NS. The average molecular weight is 141 g/mol. The Balaban J connectivity index is 3.01. The van der Waals surface area contributed by atoms with Gasteiger partial charge in [-0.2, -0.15) is 0 Å². The lowest BCUT2D eigenvalue weighted by molar-refractivity contribution is 1.06. The van der Waals surface area contributed by atoms with Crippen molar-refractivity contribution in [1.29, 1.82) is 0 Å². The van der Waals surface area contributed by atoms with E-state index in [4.69, 9.17) is 5.73 Å². The number of hydrogen-bond donors (Lipinski definition) is 1. The Hall–Kier alpha value is -0.340. The first-order chi connectivity index (χ1) is 4.24. The van der Waals surface area contributed by atoms with Crippen LogP contribution in [0.3, 0.4) is 0 Å². The van der Waals surface area contributed by atoms with Gasteiger partial charge >= 0.3 is 0 Å². The zero-order valence-electron chi connectivity index (χ0n) is 5.77. The second-order valence-electron chi connectivity index (χ2n) is 2.14. The van der Waals surface area contributed by atoms with E-state index in [0.717, 1.165) is 0 Å². The van der Waals surface area contributed by atoms with Crippen molar-refractivity contribution in [3.63, 3.8) is 0 Å². The minimum absolute atomic E-state index is 0.677. The van der Waals surface area contributed by atoms with Gasteiger partial charge in [0.1, 0.15) is 0 Å². The second kappa shape index (κ2) is 2.50. The second-order valence-corrected chi connectivity index (χ2v) is 3.60. The largest absolute Gasteiger partial charge is 0.326 e. The average Bonchev–Trinajstić information content (AvgIpc) is 2.10. The van der Waals surface area contributed by atoms with Gasteiger partial charge in [-0.3, -0.25) is 0 Å². The minimum atomic E-state index is 0.677. The molecule has 0 aliphatic heterocycles. The third-order valence-corrected chi connectivity index (χ3v) is 2.37. The van der Waals surface area contributed by atoms with E-state index >= 15 is 0 Å². The van der Waals surface area contributed by atoms with Crippen LogP contribution in [-0.4, -0.2) is 0 Å². The van der Waals surface area contributed by atoms with Crippen LogP contribution in [0, 0.1) is 13.8 Å². The summed E-state index contributed by atoms with van der Waals surface area (Å²) in [4.78, 5) is 2.71. The maximum Gasteiger partial charge on any atom is 0.0189 e. The minimum Gasteiger partial charge on any atom is -0.326 e. The first-order valence-corrected chi connectivity index (χ1v) is 3.81. The Morgan fingerprint density at radius 2 is 2.22 bits per heavy atom. The molecule has 0 unspecified atom stereocenters. The summed E-state index contributed by atoms with van der Waals surface area (Å²) in [6.07, 6.45) is 0. The summed E-state index contributed by atoms with van der Waals surface area (Å²) in [5, 5.41) is 0. The molecule has 50 valence electrons. The summed E-state index contributed by atoms with van der Waals surface area (Å²) in [5.74, 6) is 0. The van der Waals surface area contributed by atoms with Crippen molar-refractivity contribution in [2.45, 2.75) is 20.4 Å². The van der Waals surface area contributed by atoms with E-state index in [1.807, 2.05) is 11.3 Å². The predicted molar refractivity (Wildman–Crippen MR) is 41.7 cm³/mol. The van der Waals surface area contributed by atoms with Crippen LogP contribution in [0.25, 0.3) is 0 Å². The highest BCUT2D eigenvalue weighted by molar-refractivity contribution is 7.12. The van der Waals surface area contributed by atoms with Crippen molar-refractivity contribution in [2.75, 3.05) is 0 Å². The molecular weight excluding hydrogens is 130 g/mol. The zero-order valence-corrected chi connectivity index (χ0v) is 6.59. The molecule has 0 aliphatic rings. The van der Waals surface area contributed by atoms with Crippen LogP contribution in [0.1, 0.15) is 15.3 Å². The number of hydrogen-bond acceptors (Lipinski definition) is 2. The van der Waals surface area contributed by atoms with Gasteiger partial charge in [-0.25, -0.2) is 0 Å². The first kappa shape index (κ1) is 6.78. The Labute approximate surface area is 59.5 Å². The lowest BCUT2D eigenvalue weighted by Crippen LogP contribution is -1.94. The molecule has 0 spiro atoms. The van der Waals surface area contributed by atoms with E-state index in [2.05, 4.69) is 19.9 Å². The van der Waals surface area contributed by atoms with Gasteiger partial charge in [-0.05, 0) is 25.5 Å². The Bertz CT molecular complexity index is 203. The summed E-state index contributed by atoms with van der Waals surface area (Å²) >= 11 is 1.81. The Morgan fingerprint density at radius 3 is 2.44 bits per heavy atom. The van der Waals surface area contributed by atoms with Crippen molar-refractivity contribution in [3.05, 3.63) is 21.4 Å². The van der Waals surface area contributed by atoms with Gasteiger partial charge in [-0.15, -0.1) is 11.3 Å². The van der Waals surface area contributed by atoms with Crippen LogP contribution >= 0.6 is 11.3 Å². The van der Waals surface area contributed by atoms with Crippen molar-refractivity contribution >= 4 is 11.3 Å². The van der Waals surface area contributed by atoms with Gasteiger partial charge in [-0.1, -0.05) is 0 Å². The van der Waals surface area contributed by atoms with Gasteiger partial charge in [0.05, 0.1) is 0 Å². The molecule has 1 aromatic heterocycles. The summed E-state index contributed by atoms with van der Waals surface area (Å²) in [6, 6.07) is 2.15. The van der Waals surface area contributed by atoms with Crippen LogP contribution in [0.4, 0.5) is 0 Å². The normalized spacial score (nSPS) is 10.1. The molecule has 9 heavy (non-hydrogen) atoms. The molecule has 0 fully saturated rings. The lowest BCUT2D eigenvalue weighted by atomic mass is 10.2. The molecule has 1 nitrogen and oxygen atoms in total. The van der Waals surface area contributed by atoms with E-state index in [1.54, 1.807) is 0 Å². The fraction of sp³-hybridized carbons (Fsp3) is 0.429. The van der Waals surface area contributed by atoms with Gasteiger partial charge in [0, 0.05) is 16.3 Å². The first-order valence-electron chi connectivity index (χ1n) is 3.00. The van der Waals surface area contributed by atoms with Crippen molar-refractivity contribution in [2.24, 2.45) is 5.73 Å². The predicted octanol–water partition coefficient (Wildman–Crippen LogP) is 1.82. The summed E-state index contributed by atoms with van der Waals surface area (Å²) in [7, 11) is 0. The third-order valence-electron chi connectivity index (χ3n) is 1.36. The maximum absolute atomic E-state index is 5.47. The fourth-order valence-corrected chi connectivity index (χ4v) is 1.84. The molecule has 0 amide bonds. The standard InChI is InChI=1S/C7H11NS/c1-5-3-7(4-8)6(2)9-5/h3H,4,8H2,1-2H3. The van der Waals surface area contributed by atoms with Gasteiger partial charge in [0.15, 0.2) is 0 Å². The van der Waals surface area contributed by atoms with E-state index in [0.29, 0.717) is 6.54 Å². The highest BCUT2D eigenvalue weighted by Gasteiger charge is 1.97. The highest BCUT2D eigenvalue weighted by Crippen LogP contribution is 2.19. The molecule has 0 aromatic carbocycles. The number of aryl methyl sites for hydroxylation is 2. The maximum atomic E-state index is 5.47. The number of nitrogens with two attached hydrogens (primary N) is 1. The topological polar surface area (TPSA) is 26.0 Å². The summed E-state index contributed by atoms with van der Waals surface area (Å²) in [5.41, 5.74) is 6.76. The quantitative estimate of drug-likeness (QED) is 0.634. The lowest BCUT2D eigenvalue weighted by Gasteiger charge is -1.88. The van der Waals surface area contributed by atoms with Crippen LogP contribution in [-0.2, 0) is 6.54 Å². The van der Waals surface area contributed by atoms with Crippen LogP contribution < -0.4 is 5.73 Å². The fourth-order valence-electron chi connectivity index (χ4n) is 0.886. The highest BCUT2D eigenvalue weighted by atomic mass is 32.1. The summed E-state index contributed by atoms with van der Waals surface area (Å²) < 4.78 is 0. The van der Waals surface area contributed by atoms with Crippen LogP contribution in [0.5, 0.6) is 0 Å². The number of thiophene rings is 1. The molecule has 0 saturated heterocycles. The van der Waals surface area contributed by atoms with Gasteiger partial charge in [0.25, 0.3) is 0 Å². The van der Waals surface area contributed by atoms with Crippen molar-refractivity contribution in [1.82, 2.24) is 0 Å². The van der Waals surface area contributed by atoms with Crippen LogP contribution in [0.2, 0.25) is 0 Å². The summed E-state index contributed by atoms with van der Waals surface area (Å²) in [6.45, 7) is 4.90. The Morgan fingerprint density at radius 1 is 1.56 bits per heavy atom. The van der Waals surface area contributed by atoms with Crippen LogP contribution in [0.15, 0.2) is 6.07 Å². The van der Waals surface area contributed by atoms with E-state index in [9.17, 15) is 0 Å². The zero-order chi connectivity index (χ0) is 6.85. The monoisotopic (exact) mass is 141 g/mol. The molecule has 1 rings (SSSR count). The Kier molecular flexibility index (Phi) is 1.88.